The first kappa shape index (κ1) is 17.6. The molecule has 2 rings (SSSR count). The van der Waals surface area contributed by atoms with E-state index in [0.29, 0.717) is 5.92 Å². The minimum atomic E-state index is 0.661. The highest BCUT2D eigenvalue weighted by Crippen LogP contribution is 2.30. The second-order valence-electron chi connectivity index (χ2n) is 7.10. The molecule has 128 valence electrons. The van der Waals surface area contributed by atoms with E-state index in [9.17, 15) is 0 Å². The predicted molar refractivity (Wildman–Crippen MR) is 93.3 cm³/mol. The lowest BCUT2D eigenvalue weighted by Crippen LogP contribution is -2.41. The number of nitrogens with zero attached hydrogens (tertiary/aromatic N) is 2. The van der Waals surface area contributed by atoms with Crippen LogP contribution in [-0.2, 0) is 4.74 Å². The molecule has 1 heterocycles. The minimum Gasteiger partial charge on any atom is -0.381 e. The first-order valence-electron chi connectivity index (χ1n) is 9.30. The maximum absolute atomic E-state index is 5.49. The normalized spacial score (nSPS) is 29.6. The van der Waals surface area contributed by atoms with Crippen LogP contribution in [0.1, 0.15) is 52.4 Å². The van der Waals surface area contributed by atoms with Crippen molar-refractivity contribution < 1.29 is 4.74 Å². The third kappa shape index (κ3) is 5.45. The van der Waals surface area contributed by atoms with Crippen LogP contribution in [-0.4, -0.2) is 50.8 Å². The number of rotatable bonds is 6. The molecule has 1 N–H and O–H groups in total. The van der Waals surface area contributed by atoms with E-state index in [4.69, 9.17) is 9.73 Å². The zero-order valence-corrected chi connectivity index (χ0v) is 14.8. The standard InChI is InChI=1S/C18H35N3O/c1-4-15-6-8-16(9-7-15)12-20-18(19-5-2)21(3)13-17-10-11-22-14-17/h15-17H,4-14H2,1-3H3,(H,19,20). The van der Waals surface area contributed by atoms with Crippen LogP contribution in [0.3, 0.4) is 0 Å². The summed E-state index contributed by atoms with van der Waals surface area (Å²) in [6.07, 6.45) is 8.07. The summed E-state index contributed by atoms with van der Waals surface area (Å²) in [6.45, 7) is 9.28. The number of guanidine groups is 1. The fourth-order valence-corrected chi connectivity index (χ4v) is 3.71. The number of nitrogens with one attached hydrogen (secondary N) is 1. The van der Waals surface area contributed by atoms with Crippen molar-refractivity contribution in [2.24, 2.45) is 22.7 Å². The molecule has 4 heteroatoms. The van der Waals surface area contributed by atoms with Crippen molar-refractivity contribution in [3.8, 4) is 0 Å². The minimum absolute atomic E-state index is 0.661. The van der Waals surface area contributed by atoms with Crippen LogP contribution < -0.4 is 5.32 Å². The molecule has 1 atom stereocenters. The molecule has 0 radical (unpaired) electrons. The van der Waals surface area contributed by atoms with E-state index in [1.54, 1.807) is 0 Å². The quantitative estimate of drug-likeness (QED) is 0.605. The largest absolute Gasteiger partial charge is 0.381 e. The van der Waals surface area contributed by atoms with Crippen molar-refractivity contribution in [1.82, 2.24) is 10.2 Å². The Balaban J connectivity index is 1.80. The topological polar surface area (TPSA) is 36.9 Å². The Kier molecular flexibility index (Phi) is 7.50. The van der Waals surface area contributed by atoms with Crippen molar-refractivity contribution in [1.29, 1.82) is 0 Å². The molecule has 1 aliphatic heterocycles. The van der Waals surface area contributed by atoms with E-state index in [1.807, 2.05) is 0 Å². The summed E-state index contributed by atoms with van der Waals surface area (Å²) in [6, 6.07) is 0. The summed E-state index contributed by atoms with van der Waals surface area (Å²) in [5.41, 5.74) is 0. The Morgan fingerprint density at radius 1 is 1.09 bits per heavy atom. The zero-order valence-electron chi connectivity index (χ0n) is 14.8. The molecule has 4 nitrogen and oxygen atoms in total. The van der Waals surface area contributed by atoms with Gasteiger partial charge in [0.25, 0.3) is 0 Å². The summed E-state index contributed by atoms with van der Waals surface area (Å²) in [4.78, 5) is 7.21. The number of aliphatic imine (C=N–C) groups is 1. The van der Waals surface area contributed by atoms with Gasteiger partial charge in [-0.05, 0) is 38.0 Å². The Bertz CT molecular complexity index is 331. The summed E-state index contributed by atoms with van der Waals surface area (Å²) < 4.78 is 5.49. The van der Waals surface area contributed by atoms with E-state index in [-0.39, 0.29) is 0 Å². The van der Waals surface area contributed by atoms with Gasteiger partial charge in [-0.15, -0.1) is 0 Å². The van der Waals surface area contributed by atoms with Gasteiger partial charge in [0.15, 0.2) is 5.96 Å². The number of hydrogen-bond acceptors (Lipinski definition) is 2. The number of ether oxygens (including phenoxy) is 1. The van der Waals surface area contributed by atoms with Gasteiger partial charge in [-0.3, -0.25) is 4.99 Å². The van der Waals surface area contributed by atoms with Crippen LogP contribution in [0.4, 0.5) is 0 Å². The smallest absolute Gasteiger partial charge is 0.193 e. The van der Waals surface area contributed by atoms with Crippen LogP contribution in [0, 0.1) is 17.8 Å². The van der Waals surface area contributed by atoms with Crippen LogP contribution in [0.2, 0.25) is 0 Å². The molecule has 0 aromatic rings. The highest BCUT2D eigenvalue weighted by molar-refractivity contribution is 5.79. The molecule has 1 unspecified atom stereocenters. The second-order valence-corrected chi connectivity index (χ2v) is 7.10. The fourth-order valence-electron chi connectivity index (χ4n) is 3.71. The van der Waals surface area contributed by atoms with E-state index < -0.39 is 0 Å². The first-order chi connectivity index (χ1) is 10.7. The molecular weight excluding hydrogens is 274 g/mol. The van der Waals surface area contributed by atoms with Gasteiger partial charge in [0.1, 0.15) is 0 Å². The van der Waals surface area contributed by atoms with Gasteiger partial charge < -0.3 is 15.0 Å². The molecule has 0 amide bonds. The monoisotopic (exact) mass is 309 g/mol. The first-order valence-corrected chi connectivity index (χ1v) is 9.30. The maximum Gasteiger partial charge on any atom is 0.193 e. The predicted octanol–water partition coefficient (Wildman–Crippen LogP) is 3.14. The average Bonchev–Trinajstić information content (AvgIpc) is 3.04. The summed E-state index contributed by atoms with van der Waals surface area (Å²) in [5.74, 6) is 3.50. The van der Waals surface area contributed by atoms with Crippen LogP contribution in [0.15, 0.2) is 4.99 Å². The van der Waals surface area contributed by atoms with Crippen molar-refractivity contribution in [3.05, 3.63) is 0 Å². The lowest BCUT2D eigenvalue weighted by molar-refractivity contribution is 0.181. The SMILES string of the molecule is CCNC(=NCC1CCC(CC)CC1)N(C)CC1CCOC1. The Morgan fingerprint density at radius 3 is 2.41 bits per heavy atom. The fraction of sp³-hybridized carbons (Fsp3) is 0.944. The van der Waals surface area contributed by atoms with Crippen LogP contribution >= 0.6 is 0 Å². The molecule has 2 fully saturated rings. The molecule has 1 saturated carbocycles. The van der Waals surface area contributed by atoms with Crippen molar-refractivity contribution >= 4 is 5.96 Å². The van der Waals surface area contributed by atoms with E-state index in [0.717, 1.165) is 50.6 Å². The highest BCUT2D eigenvalue weighted by atomic mass is 16.5. The second kappa shape index (κ2) is 9.39. The van der Waals surface area contributed by atoms with Gasteiger partial charge in [-0.1, -0.05) is 26.2 Å². The van der Waals surface area contributed by atoms with E-state index in [1.165, 1.54) is 38.5 Å². The van der Waals surface area contributed by atoms with Gasteiger partial charge >= 0.3 is 0 Å². The molecule has 1 aliphatic carbocycles. The third-order valence-electron chi connectivity index (χ3n) is 5.30. The maximum atomic E-state index is 5.49. The molecule has 0 aromatic carbocycles. The molecule has 0 aromatic heterocycles. The lowest BCUT2D eigenvalue weighted by Gasteiger charge is -2.28. The van der Waals surface area contributed by atoms with Gasteiger partial charge in [0, 0.05) is 39.2 Å². The Labute approximate surface area is 136 Å². The summed E-state index contributed by atoms with van der Waals surface area (Å²) in [7, 11) is 2.16. The van der Waals surface area contributed by atoms with E-state index >= 15 is 0 Å². The molecule has 0 bridgehead atoms. The van der Waals surface area contributed by atoms with Crippen molar-refractivity contribution in [2.45, 2.75) is 52.4 Å². The van der Waals surface area contributed by atoms with Gasteiger partial charge in [0.05, 0.1) is 6.61 Å². The molecule has 1 saturated heterocycles. The zero-order chi connectivity index (χ0) is 15.8. The third-order valence-corrected chi connectivity index (χ3v) is 5.30. The molecular formula is C18H35N3O. The van der Waals surface area contributed by atoms with Gasteiger partial charge in [-0.25, -0.2) is 0 Å². The van der Waals surface area contributed by atoms with Crippen LogP contribution in [0.5, 0.6) is 0 Å². The lowest BCUT2D eigenvalue weighted by atomic mass is 9.81. The Hall–Kier alpha value is -0.770. The summed E-state index contributed by atoms with van der Waals surface area (Å²) >= 11 is 0. The average molecular weight is 309 g/mol. The van der Waals surface area contributed by atoms with Crippen molar-refractivity contribution in [2.75, 3.05) is 39.9 Å². The highest BCUT2D eigenvalue weighted by Gasteiger charge is 2.21. The van der Waals surface area contributed by atoms with Crippen molar-refractivity contribution in [3.63, 3.8) is 0 Å². The molecule has 22 heavy (non-hydrogen) atoms. The molecule has 0 spiro atoms. The van der Waals surface area contributed by atoms with E-state index in [2.05, 4.69) is 31.1 Å². The van der Waals surface area contributed by atoms with Gasteiger partial charge in [-0.2, -0.15) is 0 Å². The molecule has 2 aliphatic rings. The van der Waals surface area contributed by atoms with Crippen LogP contribution in [0.25, 0.3) is 0 Å². The summed E-state index contributed by atoms with van der Waals surface area (Å²) in [5, 5.41) is 3.45. The Morgan fingerprint density at radius 2 is 1.82 bits per heavy atom. The van der Waals surface area contributed by atoms with Gasteiger partial charge in [0.2, 0.25) is 0 Å². The number of hydrogen-bond donors (Lipinski definition) is 1.